The first-order valence-corrected chi connectivity index (χ1v) is 9.68. The van der Waals surface area contributed by atoms with Gasteiger partial charge in [-0.3, -0.25) is 4.98 Å². The molecule has 0 aliphatic carbocycles. The monoisotopic (exact) mass is 375 g/mol. The average molecular weight is 375 g/mol. The van der Waals surface area contributed by atoms with Gasteiger partial charge in [0.1, 0.15) is 4.99 Å². The topological polar surface area (TPSA) is 47.1 Å². The van der Waals surface area contributed by atoms with Crippen LogP contribution in [0.25, 0.3) is 5.57 Å². The summed E-state index contributed by atoms with van der Waals surface area (Å²) < 4.78 is 17.1. The molecule has 7 heteroatoms. The Morgan fingerprint density at radius 3 is 2.31 bits per heavy atom. The minimum absolute atomic E-state index is 0.355. The lowest BCUT2D eigenvalue weighted by molar-refractivity contribution is -0.181. The summed E-state index contributed by atoms with van der Waals surface area (Å²) in [6, 6.07) is 4.04. The van der Waals surface area contributed by atoms with Crippen LogP contribution in [0, 0.1) is 0 Å². The number of pyridine rings is 1. The van der Waals surface area contributed by atoms with Gasteiger partial charge in [-0.1, -0.05) is 12.2 Å². The van der Waals surface area contributed by atoms with Gasteiger partial charge in [-0.25, -0.2) is 0 Å². The summed E-state index contributed by atoms with van der Waals surface area (Å²) in [6.07, 6.45) is 7.61. The van der Waals surface area contributed by atoms with Gasteiger partial charge in [0, 0.05) is 63.2 Å². The second-order valence-electron chi connectivity index (χ2n) is 6.83. The van der Waals surface area contributed by atoms with Crippen LogP contribution < -0.4 is 0 Å². The number of hydrogen-bond acceptors (Lipinski definition) is 6. The average Bonchev–Trinajstić information content (AvgIpc) is 3.16. The lowest BCUT2D eigenvalue weighted by atomic mass is 10.0. The van der Waals surface area contributed by atoms with Gasteiger partial charge in [0.25, 0.3) is 0 Å². The third kappa shape index (κ3) is 3.91. The van der Waals surface area contributed by atoms with E-state index in [1.807, 2.05) is 24.5 Å². The van der Waals surface area contributed by atoms with Crippen molar-refractivity contribution in [3.05, 3.63) is 36.3 Å². The number of aromatic nitrogens is 1. The Hall–Kier alpha value is -1.54. The molecule has 4 heterocycles. The Morgan fingerprint density at radius 2 is 1.65 bits per heavy atom. The fourth-order valence-electron chi connectivity index (χ4n) is 3.68. The number of piperidine rings is 1. The van der Waals surface area contributed by atoms with E-state index in [1.54, 1.807) is 0 Å². The van der Waals surface area contributed by atoms with Crippen LogP contribution in [-0.4, -0.2) is 78.2 Å². The zero-order valence-corrected chi connectivity index (χ0v) is 15.7. The maximum absolute atomic E-state index is 5.85. The highest BCUT2D eigenvalue weighted by molar-refractivity contribution is 7.81. The van der Waals surface area contributed by atoms with Gasteiger partial charge in [-0.15, -0.1) is 0 Å². The molecule has 0 radical (unpaired) electrons. The van der Waals surface area contributed by atoms with Crippen LogP contribution >= 0.6 is 12.2 Å². The van der Waals surface area contributed by atoms with Crippen LogP contribution in [0.15, 0.2) is 30.7 Å². The van der Waals surface area contributed by atoms with Gasteiger partial charge in [-0.05, 0) is 17.7 Å². The molecule has 0 aromatic carbocycles. The maximum Gasteiger partial charge on any atom is 0.171 e. The van der Waals surface area contributed by atoms with E-state index in [4.69, 9.17) is 26.4 Å². The van der Waals surface area contributed by atoms with E-state index in [-0.39, 0.29) is 5.79 Å². The minimum Gasteiger partial charge on any atom is -0.378 e. The zero-order chi connectivity index (χ0) is 17.8. The summed E-state index contributed by atoms with van der Waals surface area (Å²) in [7, 11) is 0. The quantitative estimate of drug-likeness (QED) is 0.591. The number of likely N-dealkylation sites (tertiary alicyclic amines) is 1. The molecular weight excluding hydrogens is 350 g/mol. The number of nitrogens with zero attached hydrogens (tertiary/aromatic N) is 3. The Bertz CT molecular complexity index is 645. The molecule has 6 nitrogen and oxygen atoms in total. The first kappa shape index (κ1) is 17.9. The Kier molecular flexibility index (Phi) is 5.49. The maximum atomic E-state index is 5.85. The Morgan fingerprint density at radius 1 is 1.00 bits per heavy atom. The van der Waals surface area contributed by atoms with Gasteiger partial charge < -0.3 is 24.0 Å². The second kappa shape index (κ2) is 8.00. The van der Waals surface area contributed by atoms with Crippen molar-refractivity contribution >= 4 is 22.8 Å². The number of hydrogen-bond donors (Lipinski definition) is 0. The van der Waals surface area contributed by atoms with Crippen LogP contribution in [0.5, 0.6) is 0 Å². The molecule has 0 bridgehead atoms. The molecule has 1 aromatic heterocycles. The molecule has 3 fully saturated rings. The van der Waals surface area contributed by atoms with Gasteiger partial charge >= 0.3 is 0 Å². The molecule has 0 saturated carbocycles. The lowest BCUT2D eigenvalue weighted by Crippen LogP contribution is -2.44. The van der Waals surface area contributed by atoms with Gasteiger partial charge in [0.2, 0.25) is 0 Å². The van der Waals surface area contributed by atoms with Crippen molar-refractivity contribution in [2.45, 2.75) is 18.6 Å². The summed E-state index contributed by atoms with van der Waals surface area (Å²) in [5.74, 6) is -0.355. The molecule has 1 spiro atoms. The first-order chi connectivity index (χ1) is 12.8. The van der Waals surface area contributed by atoms with Gasteiger partial charge in [-0.2, -0.15) is 0 Å². The molecule has 0 amide bonds. The largest absolute Gasteiger partial charge is 0.378 e. The summed E-state index contributed by atoms with van der Waals surface area (Å²) in [4.78, 5) is 9.59. The van der Waals surface area contributed by atoms with Crippen LogP contribution in [0.4, 0.5) is 0 Å². The predicted molar refractivity (Wildman–Crippen MR) is 103 cm³/mol. The highest BCUT2D eigenvalue weighted by atomic mass is 32.1. The number of rotatable bonds is 3. The highest BCUT2D eigenvalue weighted by Gasteiger charge is 2.39. The van der Waals surface area contributed by atoms with Crippen molar-refractivity contribution in [1.82, 2.24) is 14.8 Å². The Balaban J connectivity index is 1.52. The van der Waals surface area contributed by atoms with Crippen molar-refractivity contribution in [1.29, 1.82) is 0 Å². The fraction of sp³-hybridized carbons (Fsp3) is 0.579. The lowest BCUT2D eigenvalue weighted by Gasteiger charge is -2.38. The van der Waals surface area contributed by atoms with E-state index in [2.05, 4.69) is 21.0 Å². The molecule has 0 N–H and O–H groups in total. The Labute approximate surface area is 159 Å². The van der Waals surface area contributed by atoms with E-state index in [9.17, 15) is 0 Å². The SMILES string of the molecule is S=C(C(=CN1CCC2(CC1)OCCO2)c1ccncc1)N1CCOCC1. The van der Waals surface area contributed by atoms with Crippen LogP contribution in [0.3, 0.4) is 0 Å². The summed E-state index contributed by atoms with van der Waals surface area (Å²) in [5.41, 5.74) is 2.18. The molecule has 0 atom stereocenters. The van der Waals surface area contributed by atoms with Gasteiger partial charge in [0.05, 0.1) is 26.4 Å². The standard InChI is InChI=1S/C19H25N3O3S/c26-18(22-9-11-23-12-10-22)17(16-1-5-20-6-2-16)15-21-7-3-19(4-8-21)24-13-14-25-19/h1-2,5-6,15H,3-4,7-14H2. The molecule has 3 aliphatic heterocycles. The van der Waals surface area contributed by atoms with Crippen molar-refractivity contribution in [3.8, 4) is 0 Å². The normalized spacial score (nSPS) is 23.5. The van der Waals surface area contributed by atoms with E-state index in [0.29, 0.717) is 13.2 Å². The van der Waals surface area contributed by atoms with Crippen molar-refractivity contribution in [2.24, 2.45) is 0 Å². The molecule has 1 aromatic rings. The minimum atomic E-state index is -0.355. The van der Waals surface area contributed by atoms with E-state index in [0.717, 1.165) is 68.4 Å². The second-order valence-corrected chi connectivity index (χ2v) is 7.21. The van der Waals surface area contributed by atoms with Crippen molar-refractivity contribution in [2.75, 3.05) is 52.6 Å². The fourth-order valence-corrected chi connectivity index (χ4v) is 4.04. The van der Waals surface area contributed by atoms with Crippen molar-refractivity contribution < 1.29 is 14.2 Å². The zero-order valence-electron chi connectivity index (χ0n) is 14.9. The van der Waals surface area contributed by atoms with Crippen LogP contribution in [-0.2, 0) is 14.2 Å². The molecule has 3 saturated heterocycles. The summed E-state index contributed by atoms with van der Waals surface area (Å²) in [5, 5.41) is 0. The number of thiocarbonyl (C=S) groups is 1. The van der Waals surface area contributed by atoms with E-state index >= 15 is 0 Å². The molecule has 0 unspecified atom stereocenters. The van der Waals surface area contributed by atoms with Gasteiger partial charge in [0.15, 0.2) is 5.79 Å². The predicted octanol–water partition coefficient (Wildman–Crippen LogP) is 1.92. The van der Waals surface area contributed by atoms with Crippen LogP contribution in [0.1, 0.15) is 18.4 Å². The smallest absolute Gasteiger partial charge is 0.171 e. The molecule has 140 valence electrons. The summed E-state index contributed by atoms with van der Waals surface area (Å²) >= 11 is 5.85. The molecule has 4 rings (SSSR count). The first-order valence-electron chi connectivity index (χ1n) is 9.27. The molecule has 26 heavy (non-hydrogen) atoms. The molecular formula is C19H25N3O3S. The number of ether oxygens (including phenoxy) is 3. The van der Waals surface area contributed by atoms with E-state index in [1.165, 1.54) is 0 Å². The van der Waals surface area contributed by atoms with Crippen LogP contribution in [0.2, 0.25) is 0 Å². The molecule has 3 aliphatic rings. The third-order valence-corrected chi connectivity index (χ3v) is 5.68. The third-order valence-electron chi connectivity index (χ3n) is 5.21. The van der Waals surface area contributed by atoms with E-state index < -0.39 is 0 Å². The number of morpholine rings is 1. The van der Waals surface area contributed by atoms with Crippen molar-refractivity contribution in [3.63, 3.8) is 0 Å². The summed E-state index contributed by atoms with van der Waals surface area (Å²) in [6.45, 7) is 6.35. The highest BCUT2D eigenvalue weighted by Crippen LogP contribution is 2.32.